The first-order valence-electron chi connectivity index (χ1n) is 6.73. The molecule has 1 saturated heterocycles. The molecule has 1 aromatic carbocycles. The van der Waals surface area contributed by atoms with Crippen LogP contribution in [0.1, 0.15) is 10.4 Å². The summed E-state index contributed by atoms with van der Waals surface area (Å²) in [6.45, 7) is -0.0628. The van der Waals surface area contributed by atoms with Gasteiger partial charge in [0.25, 0.3) is 0 Å². The number of carbonyl (C=O) groups is 1. The molecule has 0 radical (unpaired) electrons. The maximum Gasteiger partial charge on any atom is 0.176 e. The molecule has 8 heteroatoms. The van der Waals surface area contributed by atoms with Crippen LogP contribution in [0.2, 0.25) is 0 Å². The fraction of sp³-hybridized carbons (Fsp3) is 0.500. The number of ketones is 1. The fourth-order valence-corrected chi connectivity index (χ4v) is 4.14. The van der Waals surface area contributed by atoms with Crippen LogP contribution in [0.5, 0.6) is 11.5 Å². The number of hydrogen-bond donors (Lipinski definition) is 2. The highest BCUT2D eigenvalue weighted by atomic mass is 32.2. The average molecular weight is 329 g/mol. The lowest BCUT2D eigenvalue weighted by atomic mass is 10.1. The molecule has 7 nitrogen and oxygen atoms in total. The van der Waals surface area contributed by atoms with Gasteiger partial charge in [0.1, 0.15) is 0 Å². The molecule has 1 fully saturated rings. The Morgan fingerprint density at radius 2 is 1.95 bits per heavy atom. The van der Waals surface area contributed by atoms with Gasteiger partial charge in [-0.25, -0.2) is 8.42 Å². The van der Waals surface area contributed by atoms with Crippen molar-refractivity contribution in [3.63, 3.8) is 0 Å². The molecule has 2 rings (SSSR count). The van der Waals surface area contributed by atoms with Crippen LogP contribution >= 0.6 is 0 Å². The number of benzene rings is 1. The van der Waals surface area contributed by atoms with Gasteiger partial charge in [0.05, 0.1) is 38.4 Å². The Hall–Kier alpha value is -1.64. The Labute approximate surface area is 129 Å². The number of rotatable bonds is 6. The number of nitrogens with one attached hydrogen (secondary N) is 1. The van der Waals surface area contributed by atoms with E-state index < -0.39 is 22.0 Å². The zero-order chi connectivity index (χ0) is 16.3. The highest BCUT2D eigenvalue weighted by Gasteiger charge is 2.36. The lowest BCUT2D eigenvalue weighted by Gasteiger charge is -2.14. The van der Waals surface area contributed by atoms with E-state index in [1.54, 1.807) is 18.2 Å². The molecule has 0 spiro atoms. The van der Waals surface area contributed by atoms with Crippen molar-refractivity contribution < 1.29 is 27.8 Å². The summed E-state index contributed by atoms with van der Waals surface area (Å²) >= 11 is 0. The molecule has 1 aliphatic heterocycles. The summed E-state index contributed by atoms with van der Waals surface area (Å²) in [5.41, 5.74) is 0.417. The summed E-state index contributed by atoms with van der Waals surface area (Å²) in [6, 6.07) is 4.17. The number of hydrogen-bond acceptors (Lipinski definition) is 7. The van der Waals surface area contributed by atoms with E-state index in [0.29, 0.717) is 17.1 Å². The van der Waals surface area contributed by atoms with Gasteiger partial charge >= 0.3 is 0 Å². The second-order valence-corrected chi connectivity index (χ2v) is 7.28. The average Bonchev–Trinajstić information content (AvgIpc) is 2.76. The third-order valence-electron chi connectivity index (χ3n) is 3.55. The minimum Gasteiger partial charge on any atom is -0.493 e. The molecule has 2 atom stereocenters. The van der Waals surface area contributed by atoms with Gasteiger partial charge in [0, 0.05) is 11.6 Å². The number of sulfone groups is 1. The fourth-order valence-electron chi connectivity index (χ4n) is 2.36. The maximum atomic E-state index is 12.1. The molecular formula is C14H19NO6S. The molecule has 0 amide bonds. The molecule has 2 N–H and O–H groups in total. The van der Waals surface area contributed by atoms with Crippen molar-refractivity contribution in [3.8, 4) is 11.5 Å². The van der Waals surface area contributed by atoms with E-state index in [1.165, 1.54) is 14.2 Å². The number of aliphatic hydroxyl groups is 1. The van der Waals surface area contributed by atoms with E-state index in [1.807, 2.05) is 0 Å². The largest absolute Gasteiger partial charge is 0.493 e. The van der Waals surface area contributed by atoms with Crippen LogP contribution in [0, 0.1) is 0 Å². The van der Waals surface area contributed by atoms with Gasteiger partial charge in [-0.2, -0.15) is 0 Å². The molecule has 1 heterocycles. The van der Waals surface area contributed by atoms with Crippen molar-refractivity contribution in [1.82, 2.24) is 5.32 Å². The Kier molecular flexibility index (Phi) is 5.05. The number of aliphatic hydroxyl groups excluding tert-OH is 1. The normalized spacial score (nSPS) is 23.2. The summed E-state index contributed by atoms with van der Waals surface area (Å²) in [4.78, 5) is 12.1. The Balaban J connectivity index is 2.01. The van der Waals surface area contributed by atoms with Crippen LogP contribution < -0.4 is 14.8 Å². The highest BCUT2D eigenvalue weighted by Crippen LogP contribution is 2.27. The highest BCUT2D eigenvalue weighted by molar-refractivity contribution is 7.91. The van der Waals surface area contributed by atoms with E-state index in [4.69, 9.17) is 9.47 Å². The minimum absolute atomic E-state index is 0.0628. The van der Waals surface area contributed by atoms with Gasteiger partial charge < -0.3 is 19.9 Å². The van der Waals surface area contributed by atoms with Gasteiger partial charge in [-0.15, -0.1) is 0 Å². The first kappa shape index (κ1) is 16.7. The molecule has 122 valence electrons. The van der Waals surface area contributed by atoms with E-state index in [2.05, 4.69) is 5.32 Å². The number of methoxy groups -OCH3 is 2. The standard InChI is InChI=1S/C14H19NO6S/c1-20-13-4-3-9(5-14(13)21-2)11(16)6-15-10-7-22(18,19)8-12(10)17/h3-5,10,12,15,17H,6-8H2,1-2H3/t10-,12+/m1/s1. The monoisotopic (exact) mass is 329 g/mol. The summed E-state index contributed by atoms with van der Waals surface area (Å²) in [7, 11) is -0.258. The summed E-state index contributed by atoms with van der Waals surface area (Å²) in [5, 5.41) is 12.5. The van der Waals surface area contributed by atoms with Crippen LogP contribution in [-0.4, -0.2) is 63.7 Å². The van der Waals surface area contributed by atoms with Crippen molar-refractivity contribution in [2.75, 3.05) is 32.3 Å². The van der Waals surface area contributed by atoms with Gasteiger partial charge in [0.15, 0.2) is 27.1 Å². The first-order chi connectivity index (χ1) is 10.4. The van der Waals surface area contributed by atoms with Gasteiger partial charge in [0.2, 0.25) is 0 Å². The molecule has 0 unspecified atom stereocenters. The van der Waals surface area contributed by atoms with E-state index >= 15 is 0 Å². The van der Waals surface area contributed by atoms with Crippen molar-refractivity contribution in [2.24, 2.45) is 0 Å². The SMILES string of the molecule is COc1ccc(C(=O)CN[C@@H]2CS(=O)(=O)C[C@@H]2O)cc1OC. The zero-order valence-corrected chi connectivity index (χ0v) is 13.2. The second-order valence-electron chi connectivity index (χ2n) is 5.12. The summed E-state index contributed by atoms with van der Waals surface area (Å²) in [5.74, 6) is 0.307. The second kappa shape index (κ2) is 6.64. The Bertz CT molecular complexity index is 657. The van der Waals surface area contributed by atoms with Crippen molar-refractivity contribution >= 4 is 15.6 Å². The van der Waals surface area contributed by atoms with Crippen LogP contribution in [0.15, 0.2) is 18.2 Å². The molecule has 22 heavy (non-hydrogen) atoms. The predicted octanol–water partition coefficient (Wildman–Crippen LogP) is -0.366. The predicted molar refractivity (Wildman–Crippen MR) is 80.3 cm³/mol. The topological polar surface area (TPSA) is 102 Å². The first-order valence-corrected chi connectivity index (χ1v) is 8.55. The van der Waals surface area contributed by atoms with Crippen LogP contribution in [0.3, 0.4) is 0 Å². The van der Waals surface area contributed by atoms with Crippen LogP contribution in [0.4, 0.5) is 0 Å². The molecule has 0 aromatic heterocycles. The molecule has 1 aromatic rings. The van der Waals surface area contributed by atoms with Crippen LogP contribution in [0.25, 0.3) is 0 Å². The molecule has 0 saturated carbocycles. The molecular weight excluding hydrogens is 310 g/mol. The van der Waals surface area contributed by atoms with Gasteiger partial charge in [-0.1, -0.05) is 0 Å². The number of ether oxygens (including phenoxy) is 2. The number of carbonyl (C=O) groups excluding carboxylic acids is 1. The van der Waals surface area contributed by atoms with Gasteiger partial charge in [-0.05, 0) is 18.2 Å². The van der Waals surface area contributed by atoms with Crippen molar-refractivity contribution in [1.29, 1.82) is 0 Å². The Morgan fingerprint density at radius 3 is 2.50 bits per heavy atom. The quantitative estimate of drug-likeness (QED) is 0.687. The lowest BCUT2D eigenvalue weighted by molar-refractivity contribution is 0.0974. The summed E-state index contributed by atoms with van der Waals surface area (Å²) < 4.78 is 33.0. The molecule has 0 bridgehead atoms. The lowest BCUT2D eigenvalue weighted by Crippen LogP contribution is -2.41. The van der Waals surface area contributed by atoms with Gasteiger partial charge in [-0.3, -0.25) is 4.79 Å². The van der Waals surface area contributed by atoms with Crippen LogP contribution in [-0.2, 0) is 9.84 Å². The van der Waals surface area contributed by atoms with E-state index in [0.717, 1.165) is 0 Å². The molecule has 0 aliphatic carbocycles. The third-order valence-corrected chi connectivity index (χ3v) is 5.27. The van der Waals surface area contributed by atoms with Crippen molar-refractivity contribution in [3.05, 3.63) is 23.8 Å². The Morgan fingerprint density at radius 1 is 1.27 bits per heavy atom. The smallest absolute Gasteiger partial charge is 0.176 e. The minimum atomic E-state index is -3.24. The third kappa shape index (κ3) is 3.76. The van der Waals surface area contributed by atoms with E-state index in [9.17, 15) is 18.3 Å². The van der Waals surface area contributed by atoms with Crippen molar-refractivity contribution in [2.45, 2.75) is 12.1 Å². The number of Topliss-reactive ketones (excluding diaryl/α,β-unsaturated/α-hetero) is 1. The zero-order valence-electron chi connectivity index (χ0n) is 12.4. The maximum absolute atomic E-state index is 12.1. The van der Waals surface area contributed by atoms with E-state index in [-0.39, 0.29) is 23.8 Å². The molecule has 1 aliphatic rings. The summed E-state index contributed by atoms with van der Waals surface area (Å²) in [6.07, 6.45) is -0.983.